The number of para-hydroxylation sites is 1. The standard InChI is InChI=1S/C21H27N3O3S/c1-15-6-4-10-23(12-15)19(25)14-28-21-22-18-9-3-2-8-17(18)20(26)24(21)13-16-7-5-11-27-16/h2-3,8-9,15-16H,4-7,10-14H2,1H3. The molecule has 2 aromatic rings. The van der Waals surface area contributed by atoms with E-state index in [1.165, 1.54) is 18.2 Å². The van der Waals surface area contributed by atoms with Gasteiger partial charge >= 0.3 is 0 Å². The van der Waals surface area contributed by atoms with Gasteiger partial charge in [-0.1, -0.05) is 30.8 Å². The lowest BCUT2D eigenvalue weighted by atomic mass is 10.0. The number of carbonyl (C=O) groups is 1. The lowest BCUT2D eigenvalue weighted by Gasteiger charge is -2.30. The number of benzene rings is 1. The molecule has 4 rings (SSSR count). The minimum absolute atomic E-state index is 0.0404. The fraction of sp³-hybridized carbons (Fsp3) is 0.571. The van der Waals surface area contributed by atoms with Gasteiger partial charge in [-0.2, -0.15) is 0 Å². The summed E-state index contributed by atoms with van der Waals surface area (Å²) in [6.45, 7) is 5.09. The maximum absolute atomic E-state index is 13.1. The van der Waals surface area contributed by atoms with Crippen LogP contribution in [-0.4, -0.2) is 51.9 Å². The number of amides is 1. The highest BCUT2D eigenvalue weighted by Gasteiger charge is 2.23. The molecule has 0 saturated carbocycles. The number of ether oxygens (including phenoxy) is 1. The Hall–Kier alpha value is -1.86. The van der Waals surface area contributed by atoms with Gasteiger partial charge in [-0.25, -0.2) is 4.98 Å². The second-order valence-electron chi connectivity index (χ2n) is 7.84. The highest BCUT2D eigenvalue weighted by Crippen LogP contribution is 2.22. The first-order chi connectivity index (χ1) is 13.6. The topological polar surface area (TPSA) is 64.4 Å². The first-order valence-electron chi connectivity index (χ1n) is 10.1. The van der Waals surface area contributed by atoms with Crippen molar-refractivity contribution in [2.24, 2.45) is 5.92 Å². The van der Waals surface area contributed by atoms with Crippen LogP contribution in [0, 0.1) is 5.92 Å². The molecule has 0 N–H and O–H groups in total. The summed E-state index contributed by atoms with van der Waals surface area (Å²) in [6, 6.07) is 7.40. The molecule has 2 fully saturated rings. The van der Waals surface area contributed by atoms with Crippen molar-refractivity contribution in [3.8, 4) is 0 Å². The van der Waals surface area contributed by atoms with Crippen molar-refractivity contribution in [1.29, 1.82) is 0 Å². The molecule has 0 radical (unpaired) electrons. The minimum Gasteiger partial charge on any atom is -0.376 e. The van der Waals surface area contributed by atoms with Crippen LogP contribution in [0.2, 0.25) is 0 Å². The van der Waals surface area contributed by atoms with Crippen LogP contribution < -0.4 is 5.56 Å². The van der Waals surface area contributed by atoms with Crippen LogP contribution >= 0.6 is 11.8 Å². The van der Waals surface area contributed by atoms with E-state index in [2.05, 4.69) is 6.92 Å². The normalized spacial score (nSPS) is 22.7. The Kier molecular flexibility index (Phi) is 6.01. The largest absolute Gasteiger partial charge is 0.376 e. The summed E-state index contributed by atoms with van der Waals surface area (Å²) in [5.41, 5.74) is 0.625. The molecule has 3 heterocycles. The molecule has 2 unspecified atom stereocenters. The Labute approximate surface area is 169 Å². The minimum atomic E-state index is -0.0531. The molecule has 0 bridgehead atoms. The number of piperidine rings is 1. The quantitative estimate of drug-likeness (QED) is 0.569. The molecule has 2 atom stereocenters. The van der Waals surface area contributed by atoms with Gasteiger partial charge in [-0.15, -0.1) is 0 Å². The van der Waals surface area contributed by atoms with E-state index in [1.807, 2.05) is 29.2 Å². The number of rotatable bonds is 5. The zero-order valence-electron chi connectivity index (χ0n) is 16.3. The van der Waals surface area contributed by atoms with Gasteiger partial charge in [-0.3, -0.25) is 14.2 Å². The van der Waals surface area contributed by atoms with Crippen molar-refractivity contribution in [1.82, 2.24) is 14.5 Å². The Morgan fingerprint density at radius 2 is 2.14 bits per heavy atom. The molecular formula is C21H27N3O3S. The van der Waals surface area contributed by atoms with Crippen molar-refractivity contribution >= 4 is 28.6 Å². The van der Waals surface area contributed by atoms with Crippen LogP contribution in [0.5, 0.6) is 0 Å². The predicted molar refractivity (Wildman–Crippen MR) is 111 cm³/mol. The zero-order chi connectivity index (χ0) is 19.5. The summed E-state index contributed by atoms with van der Waals surface area (Å²) in [5.74, 6) is 0.991. The molecule has 150 valence electrons. The van der Waals surface area contributed by atoms with Gasteiger partial charge in [0.15, 0.2) is 5.16 Å². The van der Waals surface area contributed by atoms with Crippen molar-refractivity contribution in [3.63, 3.8) is 0 Å². The number of carbonyl (C=O) groups excluding carboxylic acids is 1. The average molecular weight is 402 g/mol. The van der Waals surface area contributed by atoms with Gasteiger partial charge in [0.2, 0.25) is 5.91 Å². The Balaban J connectivity index is 1.57. The summed E-state index contributed by atoms with van der Waals surface area (Å²) in [7, 11) is 0. The van der Waals surface area contributed by atoms with Crippen LogP contribution in [-0.2, 0) is 16.1 Å². The van der Waals surface area contributed by atoms with E-state index >= 15 is 0 Å². The third-order valence-electron chi connectivity index (χ3n) is 5.57. The van der Waals surface area contributed by atoms with Crippen molar-refractivity contribution in [2.75, 3.05) is 25.4 Å². The molecule has 2 aliphatic heterocycles. The van der Waals surface area contributed by atoms with E-state index in [-0.39, 0.29) is 17.6 Å². The fourth-order valence-electron chi connectivity index (χ4n) is 4.04. The summed E-state index contributed by atoms with van der Waals surface area (Å²) < 4.78 is 7.44. The van der Waals surface area contributed by atoms with E-state index < -0.39 is 0 Å². The summed E-state index contributed by atoms with van der Waals surface area (Å²) in [5, 5.41) is 1.22. The van der Waals surface area contributed by atoms with Crippen molar-refractivity contribution < 1.29 is 9.53 Å². The van der Waals surface area contributed by atoms with Gasteiger partial charge < -0.3 is 9.64 Å². The van der Waals surface area contributed by atoms with Crippen LogP contribution in [0.3, 0.4) is 0 Å². The van der Waals surface area contributed by atoms with Gasteiger partial charge in [0.1, 0.15) is 0 Å². The molecule has 6 nitrogen and oxygen atoms in total. The average Bonchev–Trinajstić information content (AvgIpc) is 3.22. The fourth-order valence-corrected chi connectivity index (χ4v) is 4.96. The molecule has 0 spiro atoms. The van der Waals surface area contributed by atoms with Crippen molar-refractivity contribution in [3.05, 3.63) is 34.6 Å². The molecule has 1 aromatic heterocycles. The molecule has 2 aliphatic rings. The summed E-state index contributed by atoms with van der Waals surface area (Å²) >= 11 is 1.37. The second-order valence-corrected chi connectivity index (χ2v) is 8.78. The third kappa shape index (κ3) is 4.25. The molecule has 7 heteroatoms. The van der Waals surface area contributed by atoms with Crippen LogP contribution in [0.4, 0.5) is 0 Å². The molecule has 1 aromatic carbocycles. The third-order valence-corrected chi connectivity index (χ3v) is 6.53. The molecule has 2 saturated heterocycles. The first kappa shape index (κ1) is 19.5. The monoisotopic (exact) mass is 401 g/mol. The highest BCUT2D eigenvalue weighted by molar-refractivity contribution is 7.99. The first-order valence-corrected chi connectivity index (χ1v) is 11.1. The highest BCUT2D eigenvalue weighted by atomic mass is 32.2. The van der Waals surface area contributed by atoms with Gasteiger partial charge in [0.05, 0.1) is 29.3 Å². The SMILES string of the molecule is CC1CCCN(C(=O)CSc2nc3ccccc3c(=O)n2CC2CCCO2)C1. The maximum atomic E-state index is 13.1. The van der Waals surface area contributed by atoms with E-state index in [9.17, 15) is 9.59 Å². The second kappa shape index (κ2) is 8.66. The van der Waals surface area contributed by atoms with Crippen LogP contribution in [0.15, 0.2) is 34.2 Å². The Bertz CT molecular complexity index is 907. The van der Waals surface area contributed by atoms with Gasteiger partial charge in [-0.05, 0) is 43.7 Å². The lowest BCUT2D eigenvalue weighted by Crippen LogP contribution is -2.40. The van der Waals surface area contributed by atoms with E-state index in [0.717, 1.165) is 39.0 Å². The van der Waals surface area contributed by atoms with E-state index in [4.69, 9.17) is 9.72 Å². The Morgan fingerprint density at radius 3 is 2.93 bits per heavy atom. The van der Waals surface area contributed by atoms with Crippen LogP contribution in [0.25, 0.3) is 10.9 Å². The number of hydrogen-bond acceptors (Lipinski definition) is 5. The van der Waals surface area contributed by atoms with Gasteiger partial charge in [0, 0.05) is 19.7 Å². The number of nitrogens with zero attached hydrogens (tertiary/aromatic N) is 3. The van der Waals surface area contributed by atoms with E-state index in [1.54, 1.807) is 4.57 Å². The lowest BCUT2D eigenvalue weighted by molar-refractivity contribution is -0.130. The summed E-state index contributed by atoms with van der Waals surface area (Å²) in [6.07, 6.45) is 4.26. The number of hydrogen-bond donors (Lipinski definition) is 0. The predicted octanol–water partition coefficient (Wildman–Crippen LogP) is 2.93. The Morgan fingerprint density at radius 1 is 1.29 bits per heavy atom. The molecule has 1 amide bonds. The maximum Gasteiger partial charge on any atom is 0.262 e. The van der Waals surface area contributed by atoms with E-state index in [0.29, 0.717) is 34.3 Å². The summed E-state index contributed by atoms with van der Waals surface area (Å²) in [4.78, 5) is 32.4. The number of thioether (sulfide) groups is 1. The number of aromatic nitrogens is 2. The number of likely N-dealkylation sites (tertiary alicyclic amines) is 1. The molecule has 28 heavy (non-hydrogen) atoms. The zero-order valence-corrected chi connectivity index (χ0v) is 17.1. The number of fused-ring (bicyclic) bond motifs is 1. The molecular weight excluding hydrogens is 374 g/mol. The van der Waals surface area contributed by atoms with Gasteiger partial charge in [0.25, 0.3) is 5.56 Å². The molecule has 0 aliphatic carbocycles. The van der Waals surface area contributed by atoms with Crippen LogP contribution in [0.1, 0.15) is 32.6 Å². The smallest absolute Gasteiger partial charge is 0.262 e. The van der Waals surface area contributed by atoms with Crippen molar-refractivity contribution in [2.45, 2.75) is 50.4 Å².